The molecule has 0 amide bonds. The van der Waals surface area contributed by atoms with Gasteiger partial charge in [0.2, 0.25) is 0 Å². The van der Waals surface area contributed by atoms with Crippen LogP contribution in [0.3, 0.4) is 0 Å². The fourth-order valence-corrected chi connectivity index (χ4v) is 4.97. The minimum atomic E-state index is -4.71. The maximum Gasteiger partial charge on any atom is 0.472 e. The highest BCUT2D eigenvalue weighted by Gasteiger charge is 2.28. The van der Waals surface area contributed by atoms with E-state index in [0.717, 1.165) is 57.8 Å². The quantitative estimate of drug-likeness (QED) is 0.0285. The van der Waals surface area contributed by atoms with Gasteiger partial charge < -0.3 is 25.2 Å². The number of phosphoric acid groups is 1. The zero-order valence-corrected chi connectivity index (χ0v) is 29.0. The molecule has 11 nitrogen and oxygen atoms in total. The van der Waals surface area contributed by atoms with E-state index in [0.29, 0.717) is 12.8 Å². The SMILES string of the molecule is CC/C=C\C/C=C\C/C=C\CCCCCC(=O)OC(COC(=O)CCCCCCCCCCC)COP(=O)(O)OCC(N)C(=O)O. The molecule has 0 saturated heterocycles. The second-order valence-corrected chi connectivity index (χ2v) is 12.7. The van der Waals surface area contributed by atoms with Crippen molar-refractivity contribution in [2.75, 3.05) is 19.8 Å². The fourth-order valence-electron chi connectivity index (χ4n) is 4.19. The van der Waals surface area contributed by atoms with E-state index in [1.54, 1.807) is 0 Å². The number of nitrogens with two attached hydrogens (primary N) is 1. The number of hydrogen-bond donors (Lipinski definition) is 3. The van der Waals surface area contributed by atoms with Gasteiger partial charge in [-0.15, -0.1) is 0 Å². The average Bonchev–Trinajstić information content (AvgIpc) is 3.02. The molecule has 12 heteroatoms. The van der Waals surface area contributed by atoms with Crippen molar-refractivity contribution in [3.05, 3.63) is 36.5 Å². The molecule has 266 valence electrons. The molecule has 0 bridgehead atoms. The number of carbonyl (C=O) groups excluding carboxylic acids is 2. The van der Waals surface area contributed by atoms with Crippen molar-refractivity contribution in [3.8, 4) is 0 Å². The summed E-state index contributed by atoms with van der Waals surface area (Å²) in [5, 5.41) is 8.82. The molecule has 0 radical (unpaired) electrons. The van der Waals surface area contributed by atoms with Crippen LogP contribution in [-0.2, 0) is 37.5 Å². The van der Waals surface area contributed by atoms with E-state index in [1.165, 1.54) is 32.1 Å². The van der Waals surface area contributed by atoms with Gasteiger partial charge in [0.05, 0.1) is 13.2 Å². The number of aliphatic carboxylic acids is 1. The van der Waals surface area contributed by atoms with Crippen molar-refractivity contribution < 1.29 is 47.5 Å². The number of hydrogen-bond acceptors (Lipinski definition) is 9. The van der Waals surface area contributed by atoms with Gasteiger partial charge in [0, 0.05) is 12.8 Å². The zero-order valence-electron chi connectivity index (χ0n) is 28.2. The van der Waals surface area contributed by atoms with E-state index < -0.39 is 51.1 Å². The summed E-state index contributed by atoms with van der Waals surface area (Å²) in [5.41, 5.74) is 5.29. The lowest BCUT2D eigenvalue weighted by Crippen LogP contribution is -2.34. The van der Waals surface area contributed by atoms with Crippen LogP contribution in [0.2, 0.25) is 0 Å². The Morgan fingerprint density at radius 3 is 1.83 bits per heavy atom. The molecule has 4 N–H and O–H groups in total. The van der Waals surface area contributed by atoms with Gasteiger partial charge in [-0.1, -0.05) is 108 Å². The summed E-state index contributed by atoms with van der Waals surface area (Å²) < 4.78 is 32.4. The van der Waals surface area contributed by atoms with Crippen molar-refractivity contribution in [2.45, 2.75) is 142 Å². The molecule has 0 aromatic carbocycles. The average molecular weight is 674 g/mol. The molecule has 3 atom stereocenters. The lowest BCUT2D eigenvalue weighted by atomic mass is 10.1. The molecule has 0 aliphatic heterocycles. The predicted octanol–water partition coefficient (Wildman–Crippen LogP) is 7.72. The second kappa shape index (κ2) is 30.1. The van der Waals surface area contributed by atoms with Gasteiger partial charge in [0.25, 0.3) is 0 Å². The monoisotopic (exact) mass is 673 g/mol. The van der Waals surface area contributed by atoms with Crippen LogP contribution in [0.1, 0.15) is 129 Å². The third-order valence-electron chi connectivity index (χ3n) is 6.90. The molecule has 0 saturated carbocycles. The lowest BCUT2D eigenvalue weighted by molar-refractivity contribution is -0.161. The second-order valence-electron chi connectivity index (χ2n) is 11.3. The van der Waals surface area contributed by atoms with Crippen LogP contribution in [0.4, 0.5) is 0 Å². The summed E-state index contributed by atoms with van der Waals surface area (Å²) in [5.74, 6) is -2.43. The summed E-state index contributed by atoms with van der Waals surface area (Å²) in [4.78, 5) is 45.5. The number of rotatable bonds is 31. The van der Waals surface area contributed by atoms with Crippen molar-refractivity contribution in [1.29, 1.82) is 0 Å². The molecule has 0 heterocycles. The van der Waals surface area contributed by atoms with E-state index in [2.05, 4.69) is 54.8 Å². The minimum Gasteiger partial charge on any atom is -0.480 e. The van der Waals surface area contributed by atoms with Gasteiger partial charge in [0.15, 0.2) is 6.10 Å². The van der Waals surface area contributed by atoms with Gasteiger partial charge in [-0.05, 0) is 44.9 Å². The number of carboxylic acids is 1. The summed E-state index contributed by atoms with van der Waals surface area (Å²) in [6.07, 6.45) is 28.1. The standard InChI is InChI=1S/C34H60NO10P/c1-3-5-7-9-11-13-14-15-16-18-20-22-24-26-33(37)45-30(28-43-46(40,41)44-29-31(35)34(38)39)27-42-32(36)25-23-21-19-17-12-10-8-6-4-2/h5,7,11,13,15-16,30-31H,3-4,6,8-10,12,14,17-29,35H2,1-2H3,(H,38,39)(H,40,41)/b7-5-,13-11-,16-15-. The number of carboxylic acid groups (broad SMARTS) is 1. The van der Waals surface area contributed by atoms with Crippen molar-refractivity contribution in [3.63, 3.8) is 0 Å². The van der Waals surface area contributed by atoms with Gasteiger partial charge >= 0.3 is 25.7 Å². The number of carbonyl (C=O) groups is 3. The molecule has 0 aliphatic carbocycles. The Hall–Kier alpha value is -2.30. The van der Waals surface area contributed by atoms with Crippen LogP contribution in [-0.4, -0.2) is 59.9 Å². The fraction of sp³-hybridized carbons (Fsp3) is 0.735. The Morgan fingerprint density at radius 2 is 1.22 bits per heavy atom. The molecular formula is C34H60NO10P. The predicted molar refractivity (Wildman–Crippen MR) is 180 cm³/mol. The summed E-state index contributed by atoms with van der Waals surface area (Å²) in [7, 11) is -4.71. The first-order chi connectivity index (χ1) is 22.1. The Kier molecular flexibility index (Phi) is 28.6. The first-order valence-electron chi connectivity index (χ1n) is 17.0. The van der Waals surface area contributed by atoms with Crippen LogP contribution >= 0.6 is 7.82 Å². The van der Waals surface area contributed by atoms with Gasteiger partial charge in [0.1, 0.15) is 12.6 Å². The number of ether oxygens (including phenoxy) is 2. The molecular weight excluding hydrogens is 613 g/mol. The number of esters is 2. The minimum absolute atomic E-state index is 0.126. The Balaban J connectivity index is 4.57. The zero-order chi connectivity index (χ0) is 34.3. The molecule has 0 spiro atoms. The molecule has 46 heavy (non-hydrogen) atoms. The Labute approximate surface area is 276 Å². The van der Waals surface area contributed by atoms with Gasteiger partial charge in [-0.2, -0.15) is 0 Å². The van der Waals surface area contributed by atoms with Crippen LogP contribution in [0.5, 0.6) is 0 Å². The molecule has 0 rings (SSSR count). The third kappa shape index (κ3) is 29.1. The molecule has 0 aromatic rings. The smallest absolute Gasteiger partial charge is 0.472 e. The normalized spacial score (nSPS) is 14.5. The van der Waals surface area contributed by atoms with E-state index in [4.69, 9.17) is 24.8 Å². The van der Waals surface area contributed by atoms with Crippen LogP contribution in [0.15, 0.2) is 36.5 Å². The highest BCUT2D eigenvalue weighted by molar-refractivity contribution is 7.47. The maximum atomic E-state index is 12.5. The first kappa shape index (κ1) is 43.7. The van der Waals surface area contributed by atoms with Crippen molar-refractivity contribution in [1.82, 2.24) is 0 Å². The highest BCUT2D eigenvalue weighted by Crippen LogP contribution is 2.43. The topological polar surface area (TPSA) is 172 Å². The number of unbranched alkanes of at least 4 members (excludes halogenated alkanes) is 11. The molecule has 3 unspecified atom stereocenters. The van der Waals surface area contributed by atoms with Gasteiger partial charge in [-0.3, -0.25) is 23.4 Å². The molecule has 0 fully saturated rings. The Morgan fingerprint density at radius 1 is 0.696 bits per heavy atom. The maximum absolute atomic E-state index is 12.5. The van der Waals surface area contributed by atoms with E-state index in [9.17, 15) is 23.8 Å². The van der Waals surface area contributed by atoms with Crippen molar-refractivity contribution >= 4 is 25.7 Å². The molecule has 0 aliphatic rings. The van der Waals surface area contributed by atoms with E-state index in [-0.39, 0.29) is 19.4 Å². The Bertz CT molecular complexity index is 937. The van der Waals surface area contributed by atoms with Crippen LogP contribution < -0.4 is 5.73 Å². The van der Waals surface area contributed by atoms with E-state index >= 15 is 0 Å². The third-order valence-corrected chi connectivity index (χ3v) is 7.85. The van der Waals surface area contributed by atoms with E-state index in [1.807, 2.05) is 0 Å². The largest absolute Gasteiger partial charge is 0.480 e. The lowest BCUT2D eigenvalue weighted by Gasteiger charge is -2.20. The van der Waals surface area contributed by atoms with Gasteiger partial charge in [-0.25, -0.2) is 4.57 Å². The highest BCUT2D eigenvalue weighted by atomic mass is 31.2. The molecule has 0 aromatic heterocycles. The first-order valence-corrected chi connectivity index (χ1v) is 18.5. The van der Waals surface area contributed by atoms with Crippen LogP contribution in [0.25, 0.3) is 0 Å². The van der Waals surface area contributed by atoms with Crippen molar-refractivity contribution in [2.24, 2.45) is 5.73 Å². The van der Waals surface area contributed by atoms with Crippen LogP contribution in [0, 0.1) is 0 Å². The summed E-state index contributed by atoms with van der Waals surface area (Å²) in [6, 6.07) is -1.52. The summed E-state index contributed by atoms with van der Waals surface area (Å²) >= 11 is 0. The number of phosphoric ester groups is 1. The number of allylic oxidation sites excluding steroid dienone is 6. The summed E-state index contributed by atoms with van der Waals surface area (Å²) in [6.45, 7) is 2.59.